The lowest BCUT2D eigenvalue weighted by Crippen LogP contribution is -2.53. The van der Waals surface area contributed by atoms with E-state index >= 15 is 0 Å². The van der Waals surface area contributed by atoms with Gasteiger partial charge in [0.2, 0.25) is 0 Å². The summed E-state index contributed by atoms with van der Waals surface area (Å²) in [5.41, 5.74) is 5.77. The third-order valence-electron chi connectivity index (χ3n) is 8.85. The van der Waals surface area contributed by atoms with Crippen molar-refractivity contribution in [2.45, 2.75) is 58.8 Å². The van der Waals surface area contributed by atoms with E-state index in [0.717, 1.165) is 41.3 Å². The highest BCUT2D eigenvalue weighted by atomic mass is 16.2. The lowest BCUT2D eigenvalue weighted by Gasteiger charge is -2.37. The summed E-state index contributed by atoms with van der Waals surface area (Å²) >= 11 is 0. The van der Waals surface area contributed by atoms with E-state index in [0.29, 0.717) is 43.5 Å². The third-order valence-corrected chi connectivity index (χ3v) is 8.85. The van der Waals surface area contributed by atoms with Crippen molar-refractivity contribution in [3.8, 4) is 0 Å². The van der Waals surface area contributed by atoms with E-state index < -0.39 is 0 Å². The minimum atomic E-state index is -0.215. The molecule has 1 saturated heterocycles. The predicted molar refractivity (Wildman–Crippen MR) is 177 cm³/mol. The van der Waals surface area contributed by atoms with Crippen LogP contribution in [-0.2, 0) is 13.1 Å². The van der Waals surface area contributed by atoms with Crippen molar-refractivity contribution in [1.29, 1.82) is 0 Å². The van der Waals surface area contributed by atoms with Crippen molar-refractivity contribution in [2.24, 2.45) is 0 Å². The van der Waals surface area contributed by atoms with E-state index in [4.69, 9.17) is 5.10 Å². The molecule has 11 nitrogen and oxygen atoms in total. The summed E-state index contributed by atoms with van der Waals surface area (Å²) in [6.45, 7) is 12.4. The minimum Gasteiger partial charge on any atom is -0.366 e. The summed E-state index contributed by atoms with van der Waals surface area (Å²) in [7, 11) is 5.57. The molecular formula is C34H46N8O3. The molecule has 2 N–H and O–H groups in total. The Morgan fingerprint density at radius 3 is 2.29 bits per heavy atom. The Morgan fingerprint density at radius 2 is 1.67 bits per heavy atom. The Hall–Kier alpha value is -4.38. The second kappa shape index (κ2) is 13.3. The number of anilines is 2. The fourth-order valence-electron chi connectivity index (χ4n) is 6.09. The molecule has 1 fully saturated rings. The van der Waals surface area contributed by atoms with Crippen molar-refractivity contribution in [1.82, 2.24) is 29.8 Å². The van der Waals surface area contributed by atoms with Gasteiger partial charge in [0.1, 0.15) is 0 Å². The molecule has 3 heterocycles. The summed E-state index contributed by atoms with van der Waals surface area (Å²) in [6, 6.07) is 15.6. The summed E-state index contributed by atoms with van der Waals surface area (Å²) < 4.78 is 1.99. The van der Waals surface area contributed by atoms with E-state index in [1.165, 1.54) is 0 Å². The van der Waals surface area contributed by atoms with Gasteiger partial charge in [0.15, 0.2) is 5.69 Å². The Kier molecular flexibility index (Phi) is 9.48. The number of likely N-dealkylation sites (N-methyl/N-ethyl adjacent to an activating group) is 1. The number of piperazine rings is 1. The van der Waals surface area contributed by atoms with E-state index in [-0.39, 0.29) is 29.8 Å². The molecule has 0 radical (unpaired) electrons. The fraction of sp³-hybridized carbons (Fsp3) is 0.471. The van der Waals surface area contributed by atoms with Crippen LogP contribution in [0.15, 0.2) is 48.5 Å². The van der Waals surface area contributed by atoms with Crippen LogP contribution in [0, 0.1) is 0 Å². The molecule has 240 valence electrons. The smallest absolute Gasteiger partial charge is 0.321 e. The number of rotatable bonds is 7. The number of carbonyl (C=O) groups excluding carboxylic acids is 3. The van der Waals surface area contributed by atoms with Crippen LogP contribution in [0.2, 0.25) is 0 Å². The topological polar surface area (TPSA) is 106 Å². The second-order valence-corrected chi connectivity index (χ2v) is 12.9. The van der Waals surface area contributed by atoms with Crippen LogP contribution in [-0.4, -0.2) is 95.7 Å². The van der Waals surface area contributed by atoms with Crippen LogP contribution in [0.25, 0.3) is 0 Å². The molecule has 3 aromatic rings. The zero-order valence-corrected chi connectivity index (χ0v) is 27.5. The standard InChI is InChI=1S/C34H46N8O3/c1-22(2)42-31-23(3)19-41(28-14-10-26(11-15-28)33(44)38(5)6)21-29(31)30(37-42)32(43)35-18-25-8-12-27(13-9-25)36-34(45)40-17-16-39(7)24(4)20-40/h8-15,22-24H,16-21H2,1-7H3,(H,35,43)(H,36,45)/t23-,24+/m0/s1. The maximum atomic E-state index is 13.6. The molecule has 0 unspecified atom stereocenters. The molecule has 2 atom stereocenters. The van der Waals surface area contributed by atoms with Gasteiger partial charge in [-0.1, -0.05) is 19.1 Å². The lowest BCUT2D eigenvalue weighted by molar-refractivity contribution is 0.0827. The zero-order chi connectivity index (χ0) is 32.4. The molecule has 11 heteroatoms. The molecular weight excluding hydrogens is 568 g/mol. The number of benzene rings is 2. The molecule has 45 heavy (non-hydrogen) atoms. The number of aromatic nitrogens is 2. The van der Waals surface area contributed by atoms with Gasteiger partial charge in [0.25, 0.3) is 11.8 Å². The first-order valence-corrected chi connectivity index (χ1v) is 15.7. The van der Waals surface area contributed by atoms with Crippen LogP contribution in [0.3, 0.4) is 0 Å². The monoisotopic (exact) mass is 614 g/mol. The van der Waals surface area contributed by atoms with Gasteiger partial charge in [-0.15, -0.1) is 0 Å². The number of nitrogens with zero attached hydrogens (tertiary/aromatic N) is 6. The Labute approximate surface area is 266 Å². The largest absolute Gasteiger partial charge is 0.366 e. The van der Waals surface area contributed by atoms with E-state index in [9.17, 15) is 14.4 Å². The van der Waals surface area contributed by atoms with Gasteiger partial charge in [0, 0.05) is 99.6 Å². The average molecular weight is 615 g/mol. The first kappa shape index (κ1) is 32.0. The van der Waals surface area contributed by atoms with Crippen LogP contribution < -0.4 is 15.5 Å². The third kappa shape index (κ3) is 6.98. The van der Waals surface area contributed by atoms with Crippen molar-refractivity contribution < 1.29 is 14.4 Å². The fourth-order valence-corrected chi connectivity index (χ4v) is 6.09. The number of amides is 4. The van der Waals surface area contributed by atoms with E-state index in [1.807, 2.05) is 58.1 Å². The summed E-state index contributed by atoms with van der Waals surface area (Å²) in [4.78, 5) is 46.6. The first-order valence-electron chi connectivity index (χ1n) is 15.7. The molecule has 1 aromatic heterocycles. The molecule has 2 aliphatic heterocycles. The molecule has 2 aromatic carbocycles. The molecule has 0 aliphatic carbocycles. The second-order valence-electron chi connectivity index (χ2n) is 12.9. The molecule has 0 saturated carbocycles. The van der Waals surface area contributed by atoms with Gasteiger partial charge in [-0.3, -0.25) is 14.3 Å². The molecule has 2 aliphatic rings. The van der Waals surface area contributed by atoms with Crippen molar-refractivity contribution >= 4 is 29.2 Å². The maximum Gasteiger partial charge on any atom is 0.321 e. The Morgan fingerprint density at radius 1 is 0.978 bits per heavy atom. The van der Waals surface area contributed by atoms with Gasteiger partial charge in [-0.25, -0.2) is 4.79 Å². The molecule has 0 bridgehead atoms. The number of hydrogen-bond acceptors (Lipinski definition) is 6. The minimum absolute atomic E-state index is 0.0345. The van der Waals surface area contributed by atoms with Gasteiger partial charge < -0.3 is 30.2 Å². The highest BCUT2D eigenvalue weighted by molar-refractivity contribution is 5.95. The van der Waals surface area contributed by atoms with Crippen molar-refractivity contribution in [3.63, 3.8) is 0 Å². The SMILES string of the molecule is CC(C)n1nc(C(=O)NCc2ccc(NC(=O)N3CCN(C)[C@H](C)C3)cc2)c2c1[C@@H](C)CN(c1ccc(C(=O)N(C)C)cc1)C2. The van der Waals surface area contributed by atoms with E-state index in [1.54, 1.807) is 19.0 Å². The summed E-state index contributed by atoms with van der Waals surface area (Å²) in [5.74, 6) is -0.0917. The maximum absolute atomic E-state index is 13.6. The highest BCUT2D eigenvalue weighted by Crippen LogP contribution is 2.35. The van der Waals surface area contributed by atoms with Gasteiger partial charge >= 0.3 is 6.03 Å². The number of carbonyl (C=O) groups is 3. The first-order chi connectivity index (χ1) is 21.4. The average Bonchev–Trinajstić information content (AvgIpc) is 3.42. The van der Waals surface area contributed by atoms with Gasteiger partial charge in [0.05, 0.1) is 0 Å². The number of nitrogens with one attached hydrogen (secondary N) is 2. The van der Waals surface area contributed by atoms with Gasteiger partial charge in [-0.2, -0.15) is 5.10 Å². The van der Waals surface area contributed by atoms with Crippen LogP contribution in [0.5, 0.6) is 0 Å². The molecule has 0 spiro atoms. The van der Waals surface area contributed by atoms with Crippen LogP contribution >= 0.6 is 0 Å². The zero-order valence-electron chi connectivity index (χ0n) is 27.5. The normalized spacial score (nSPS) is 18.5. The van der Waals surface area contributed by atoms with Crippen molar-refractivity contribution in [2.75, 3.05) is 57.5 Å². The van der Waals surface area contributed by atoms with Crippen LogP contribution in [0.4, 0.5) is 16.2 Å². The lowest BCUT2D eigenvalue weighted by atomic mass is 9.95. The highest BCUT2D eigenvalue weighted by Gasteiger charge is 2.33. The predicted octanol–water partition coefficient (Wildman–Crippen LogP) is 4.39. The summed E-state index contributed by atoms with van der Waals surface area (Å²) in [6.07, 6.45) is 0. The van der Waals surface area contributed by atoms with Crippen molar-refractivity contribution in [3.05, 3.63) is 76.6 Å². The quantitative estimate of drug-likeness (QED) is 0.409. The molecule has 4 amide bonds. The summed E-state index contributed by atoms with van der Waals surface area (Å²) in [5, 5.41) is 10.9. The number of hydrogen-bond donors (Lipinski definition) is 2. The van der Waals surface area contributed by atoms with E-state index in [2.05, 4.69) is 55.2 Å². The number of fused-ring (bicyclic) bond motifs is 1. The van der Waals surface area contributed by atoms with Crippen LogP contribution in [0.1, 0.15) is 77.3 Å². The Balaban J connectivity index is 1.26. The molecule has 5 rings (SSSR count). The number of urea groups is 1. The van der Waals surface area contributed by atoms with Gasteiger partial charge in [-0.05, 0) is 69.8 Å². The Bertz CT molecular complexity index is 1530.